The molecule has 2 amide bonds. The van der Waals surface area contributed by atoms with Crippen molar-refractivity contribution >= 4 is 44.1 Å². The minimum atomic E-state index is -0.143. The Morgan fingerprint density at radius 2 is 2.20 bits per heavy atom. The van der Waals surface area contributed by atoms with E-state index in [0.717, 1.165) is 15.8 Å². The number of thiophene rings is 1. The van der Waals surface area contributed by atoms with Gasteiger partial charge in [-0.3, -0.25) is 5.32 Å². The van der Waals surface area contributed by atoms with E-state index in [0.29, 0.717) is 11.7 Å². The molecule has 0 bridgehead atoms. The molecule has 1 aromatic carbocycles. The van der Waals surface area contributed by atoms with Crippen LogP contribution in [0.1, 0.15) is 5.56 Å². The molecule has 2 heterocycles. The Balaban J connectivity index is 1.68. The third-order valence-corrected chi connectivity index (χ3v) is 4.54. The molecule has 3 aromatic rings. The first kappa shape index (κ1) is 13.1. The molecule has 2 aromatic heterocycles. The number of para-hydroxylation sites is 1. The van der Waals surface area contributed by atoms with Gasteiger partial charge in [0, 0.05) is 13.6 Å². The van der Waals surface area contributed by atoms with E-state index in [1.807, 2.05) is 41.1 Å². The second-order valence-corrected chi connectivity index (χ2v) is 6.22. The molecule has 3 rings (SSSR count). The number of carbonyl (C=O) groups is 1. The number of rotatable bonds is 3. The summed E-state index contributed by atoms with van der Waals surface area (Å²) in [5, 5.41) is 7.53. The molecular weight excluding hydrogens is 290 g/mol. The van der Waals surface area contributed by atoms with Gasteiger partial charge in [-0.1, -0.05) is 23.5 Å². The summed E-state index contributed by atoms with van der Waals surface area (Å²) in [7, 11) is 1.78. The SMILES string of the molecule is CN(Cc1ccsc1)C(=O)Nc1nc2ccccc2s1. The highest BCUT2D eigenvalue weighted by Crippen LogP contribution is 2.25. The van der Waals surface area contributed by atoms with Crippen LogP contribution in [0.3, 0.4) is 0 Å². The van der Waals surface area contributed by atoms with E-state index in [1.165, 1.54) is 11.3 Å². The number of hydrogen-bond acceptors (Lipinski definition) is 4. The highest BCUT2D eigenvalue weighted by atomic mass is 32.1. The van der Waals surface area contributed by atoms with E-state index in [9.17, 15) is 4.79 Å². The van der Waals surface area contributed by atoms with Gasteiger partial charge in [-0.15, -0.1) is 0 Å². The number of carbonyl (C=O) groups excluding carboxylic acids is 1. The number of anilines is 1. The zero-order valence-electron chi connectivity index (χ0n) is 10.9. The van der Waals surface area contributed by atoms with Crippen molar-refractivity contribution in [1.82, 2.24) is 9.88 Å². The van der Waals surface area contributed by atoms with Gasteiger partial charge < -0.3 is 4.90 Å². The van der Waals surface area contributed by atoms with Crippen molar-refractivity contribution in [3.05, 3.63) is 46.7 Å². The van der Waals surface area contributed by atoms with Gasteiger partial charge in [-0.05, 0) is 34.5 Å². The van der Waals surface area contributed by atoms with Crippen molar-refractivity contribution in [2.24, 2.45) is 0 Å². The third-order valence-electron chi connectivity index (χ3n) is 2.85. The Bertz CT molecular complexity index is 688. The smallest absolute Gasteiger partial charge is 0.323 e. The number of nitrogens with zero attached hydrogens (tertiary/aromatic N) is 2. The standard InChI is InChI=1S/C14H13N3OS2/c1-17(8-10-6-7-19-9-10)14(18)16-13-15-11-4-2-3-5-12(11)20-13/h2-7,9H,8H2,1H3,(H,15,16,18). The quantitative estimate of drug-likeness (QED) is 0.794. The van der Waals surface area contributed by atoms with Crippen LogP contribution in [0, 0.1) is 0 Å². The number of hydrogen-bond donors (Lipinski definition) is 1. The van der Waals surface area contributed by atoms with Crippen LogP contribution in [0.4, 0.5) is 9.93 Å². The molecule has 6 heteroatoms. The van der Waals surface area contributed by atoms with E-state index in [4.69, 9.17) is 0 Å². The maximum atomic E-state index is 12.1. The van der Waals surface area contributed by atoms with E-state index < -0.39 is 0 Å². The summed E-state index contributed by atoms with van der Waals surface area (Å²) in [6, 6.07) is 9.72. The van der Waals surface area contributed by atoms with Crippen LogP contribution in [0.2, 0.25) is 0 Å². The molecule has 102 valence electrons. The van der Waals surface area contributed by atoms with Crippen LogP contribution in [-0.2, 0) is 6.54 Å². The zero-order valence-corrected chi connectivity index (χ0v) is 12.5. The summed E-state index contributed by atoms with van der Waals surface area (Å²) in [6.07, 6.45) is 0. The van der Waals surface area contributed by atoms with Gasteiger partial charge in [-0.2, -0.15) is 11.3 Å². The highest BCUT2D eigenvalue weighted by Gasteiger charge is 2.12. The largest absolute Gasteiger partial charge is 0.323 e. The predicted octanol–water partition coefficient (Wildman–Crippen LogP) is 4.02. The van der Waals surface area contributed by atoms with Crippen molar-refractivity contribution in [3.63, 3.8) is 0 Å². The molecule has 0 saturated carbocycles. The second-order valence-electron chi connectivity index (χ2n) is 4.40. The molecule has 4 nitrogen and oxygen atoms in total. The van der Waals surface area contributed by atoms with Crippen LogP contribution in [0.25, 0.3) is 10.2 Å². The number of urea groups is 1. The van der Waals surface area contributed by atoms with Gasteiger partial charge >= 0.3 is 6.03 Å². The summed E-state index contributed by atoms with van der Waals surface area (Å²) < 4.78 is 1.07. The normalized spacial score (nSPS) is 10.7. The predicted molar refractivity (Wildman–Crippen MR) is 84.4 cm³/mol. The van der Waals surface area contributed by atoms with Gasteiger partial charge in [0.05, 0.1) is 10.2 Å². The molecule has 0 fully saturated rings. The summed E-state index contributed by atoms with van der Waals surface area (Å²) in [5.41, 5.74) is 2.05. The molecule has 0 radical (unpaired) electrons. The number of amides is 2. The molecule has 0 aliphatic carbocycles. The zero-order chi connectivity index (χ0) is 13.9. The first-order valence-corrected chi connectivity index (χ1v) is 7.87. The summed E-state index contributed by atoms with van der Waals surface area (Å²) >= 11 is 3.11. The molecule has 0 unspecified atom stereocenters. The van der Waals surface area contributed by atoms with E-state index in [1.54, 1.807) is 23.3 Å². The Kier molecular flexibility index (Phi) is 3.66. The van der Waals surface area contributed by atoms with Crippen LogP contribution < -0.4 is 5.32 Å². The lowest BCUT2D eigenvalue weighted by molar-refractivity contribution is 0.221. The second kappa shape index (κ2) is 5.60. The van der Waals surface area contributed by atoms with Gasteiger partial charge in [0.2, 0.25) is 0 Å². The summed E-state index contributed by atoms with van der Waals surface area (Å²) in [5.74, 6) is 0. The van der Waals surface area contributed by atoms with Crippen LogP contribution in [-0.4, -0.2) is 23.0 Å². The first-order valence-electron chi connectivity index (χ1n) is 6.11. The number of thiazole rings is 1. The number of fused-ring (bicyclic) bond motifs is 1. The van der Waals surface area contributed by atoms with Gasteiger partial charge in [0.25, 0.3) is 0 Å². The summed E-state index contributed by atoms with van der Waals surface area (Å²) in [4.78, 5) is 18.1. The van der Waals surface area contributed by atoms with Crippen molar-refractivity contribution in [2.45, 2.75) is 6.54 Å². The molecule has 0 aliphatic heterocycles. The first-order chi connectivity index (χ1) is 9.72. The monoisotopic (exact) mass is 303 g/mol. The lowest BCUT2D eigenvalue weighted by Gasteiger charge is -2.15. The van der Waals surface area contributed by atoms with Gasteiger partial charge in [0.1, 0.15) is 0 Å². The average Bonchev–Trinajstić information content (AvgIpc) is 3.06. The number of benzene rings is 1. The molecule has 0 spiro atoms. The Hall–Kier alpha value is -1.92. The fraction of sp³-hybridized carbons (Fsp3) is 0.143. The Labute approximate surface area is 124 Å². The van der Waals surface area contributed by atoms with E-state index in [2.05, 4.69) is 10.3 Å². The fourth-order valence-corrected chi connectivity index (χ4v) is 3.36. The molecular formula is C14H13N3OS2. The fourth-order valence-electron chi connectivity index (χ4n) is 1.84. The Morgan fingerprint density at radius 3 is 2.95 bits per heavy atom. The molecule has 0 aliphatic rings. The molecule has 1 N–H and O–H groups in total. The van der Waals surface area contributed by atoms with Crippen molar-refractivity contribution in [3.8, 4) is 0 Å². The maximum Gasteiger partial charge on any atom is 0.323 e. The lowest BCUT2D eigenvalue weighted by Crippen LogP contribution is -2.30. The topological polar surface area (TPSA) is 45.2 Å². The minimum absolute atomic E-state index is 0.143. The Morgan fingerprint density at radius 1 is 1.35 bits per heavy atom. The van der Waals surface area contributed by atoms with E-state index >= 15 is 0 Å². The summed E-state index contributed by atoms with van der Waals surface area (Å²) in [6.45, 7) is 0.597. The van der Waals surface area contributed by atoms with Gasteiger partial charge in [-0.25, -0.2) is 9.78 Å². The third kappa shape index (κ3) is 2.81. The molecule has 0 atom stereocenters. The van der Waals surface area contributed by atoms with Crippen LogP contribution >= 0.6 is 22.7 Å². The van der Waals surface area contributed by atoms with Crippen LogP contribution in [0.15, 0.2) is 41.1 Å². The van der Waals surface area contributed by atoms with Crippen molar-refractivity contribution in [1.29, 1.82) is 0 Å². The maximum absolute atomic E-state index is 12.1. The molecule has 0 saturated heterocycles. The minimum Gasteiger partial charge on any atom is -0.323 e. The average molecular weight is 303 g/mol. The van der Waals surface area contributed by atoms with Crippen LogP contribution in [0.5, 0.6) is 0 Å². The highest BCUT2D eigenvalue weighted by molar-refractivity contribution is 7.22. The van der Waals surface area contributed by atoms with Gasteiger partial charge in [0.15, 0.2) is 5.13 Å². The van der Waals surface area contributed by atoms with E-state index in [-0.39, 0.29) is 6.03 Å². The lowest BCUT2D eigenvalue weighted by atomic mass is 10.3. The van der Waals surface area contributed by atoms with Crippen molar-refractivity contribution in [2.75, 3.05) is 12.4 Å². The number of nitrogens with one attached hydrogen (secondary N) is 1. The number of aromatic nitrogens is 1. The molecule has 20 heavy (non-hydrogen) atoms. The van der Waals surface area contributed by atoms with Crippen molar-refractivity contribution < 1.29 is 4.79 Å².